The van der Waals surface area contributed by atoms with Crippen LogP contribution in [0.4, 0.5) is 39.3 Å². The zero-order valence-electron chi connectivity index (χ0n) is 27.1. The molecule has 3 heterocycles. The largest absolute Gasteiger partial charge is 0.487 e. The normalized spacial score (nSPS) is 13.0. The molecule has 15 nitrogen and oxygen atoms in total. The van der Waals surface area contributed by atoms with Gasteiger partial charge in [0.05, 0.1) is 35.6 Å². The molecule has 1 aliphatic rings. The lowest BCUT2D eigenvalue weighted by Crippen LogP contribution is -2.46. The van der Waals surface area contributed by atoms with E-state index < -0.39 is 22.8 Å². The Hall–Kier alpha value is -6.12. The van der Waals surface area contributed by atoms with Gasteiger partial charge in [-0.1, -0.05) is 13.0 Å². The van der Waals surface area contributed by atoms with Crippen LogP contribution in [-0.2, 0) is 11.3 Å². The number of nitro groups is 1. The molecule has 248 valence electrons. The van der Waals surface area contributed by atoms with Crippen LogP contribution < -0.4 is 30.5 Å². The third-order valence-corrected chi connectivity index (χ3v) is 7.56. The Morgan fingerprint density at radius 3 is 2.54 bits per heavy atom. The van der Waals surface area contributed by atoms with E-state index in [1.165, 1.54) is 30.0 Å². The van der Waals surface area contributed by atoms with Crippen molar-refractivity contribution in [1.29, 1.82) is 0 Å². The molecule has 1 atom stereocenters. The van der Waals surface area contributed by atoms with Crippen molar-refractivity contribution >= 4 is 52.4 Å². The van der Waals surface area contributed by atoms with Crippen LogP contribution in [0.25, 0.3) is 0 Å². The molecule has 0 saturated carbocycles. The molecule has 48 heavy (non-hydrogen) atoms. The van der Waals surface area contributed by atoms with Crippen LogP contribution in [0, 0.1) is 24.0 Å². The molecule has 5 rings (SSSR count). The Balaban J connectivity index is 1.27. The van der Waals surface area contributed by atoms with E-state index in [4.69, 9.17) is 4.74 Å². The van der Waals surface area contributed by atoms with Crippen LogP contribution >= 0.6 is 0 Å². The van der Waals surface area contributed by atoms with Gasteiger partial charge in [-0.15, -0.1) is 0 Å². The van der Waals surface area contributed by atoms with Crippen molar-refractivity contribution in [1.82, 2.24) is 20.3 Å². The highest BCUT2D eigenvalue weighted by atomic mass is 16.6. The van der Waals surface area contributed by atoms with Crippen LogP contribution in [0.1, 0.15) is 47.4 Å². The predicted molar refractivity (Wildman–Crippen MR) is 180 cm³/mol. The Labute approximate surface area is 276 Å². The van der Waals surface area contributed by atoms with E-state index in [9.17, 15) is 24.5 Å². The minimum atomic E-state index is -0.970. The zero-order valence-corrected chi connectivity index (χ0v) is 27.1. The van der Waals surface area contributed by atoms with Crippen molar-refractivity contribution in [3.8, 4) is 5.75 Å². The topological polar surface area (TPSA) is 185 Å². The number of rotatable bonds is 11. The molecule has 2 aromatic carbocycles. The summed E-state index contributed by atoms with van der Waals surface area (Å²) >= 11 is 0. The van der Waals surface area contributed by atoms with Crippen molar-refractivity contribution in [3.63, 3.8) is 0 Å². The molecule has 4 aromatic rings. The second kappa shape index (κ2) is 14.1. The van der Waals surface area contributed by atoms with Gasteiger partial charge in [-0.2, -0.15) is 4.98 Å². The molecule has 0 unspecified atom stereocenters. The highest BCUT2D eigenvalue weighted by Crippen LogP contribution is 2.33. The lowest BCUT2D eigenvalue weighted by molar-refractivity contribution is -0.385. The van der Waals surface area contributed by atoms with E-state index >= 15 is 0 Å². The number of nitro benzene ring substituents is 1. The van der Waals surface area contributed by atoms with Gasteiger partial charge in [-0.25, -0.2) is 9.78 Å². The minimum absolute atomic E-state index is 0.0252. The third-order valence-electron chi connectivity index (χ3n) is 7.56. The zero-order chi connectivity index (χ0) is 34.5. The number of aryl methyl sites for hydroxylation is 2. The molecule has 15 heteroatoms. The first kappa shape index (κ1) is 33.2. The fourth-order valence-corrected chi connectivity index (χ4v) is 4.94. The summed E-state index contributed by atoms with van der Waals surface area (Å²) in [6.07, 6.45) is 3.97. The van der Waals surface area contributed by atoms with Gasteiger partial charge in [0.1, 0.15) is 11.9 Å². The van der Waals surface area contributed by atoms with Gasteiger partial charge in [-0.05, 0) is 63.1 Å². The maximum Gasteiger partial charge on any atom is 0.330 e. The Morgan fingerprint density at radius 1 is 1.06 bits per heavy atom. The van der Waals surface area contributed by atoms with E-state index in [2.05, 4.69) is 30.9 Å². The number of nitrogens with one attached hydrogen (secondary N) is 3. The molecule has 0 fully saturated rings. The van der Waals surface area contributed by atoms with Crippen LogP contribution in [0.5, 0.6) is 5.75 Å². The number of pyridine rings is 1. The van der Waals surface area contributed by atoms with Crippen LogP contribution in [-0.4, -0.2) is 57.4 Å². The standard InChI is InChI=1S/C33H35N9O6/c1-6-13-48-28-14-22(9-12-26(28)42(46)47)31(44)36-21(4)30(43)37-24-10-7-19(2)27(15-24)41-18-23-16-35-32(39-29(23)40(5)33(41)45)38-25-11-8-20(3)34-17-25/h7-12,14-17,21H,6,13,18H2,1-5H3,(H,36,44)(H,37,43)(H,35,38,39)/t21-/m0/s1. The highest BCUT2D eigenvalue weighted by Gasteiger charge is 2.32. The van der Waals surface area contributed by atoms with Crippen molar-refractivity contribution in [3.05, 3.63) is 93.4 Å². The van der Waals surface area contributed by atoms with Crippen LogP contribution in [0.3, 0.4) is 0 Å². The van der Waals surface area contributed by atoms with Crippen LogP contribution in [0.2, 0.25) is 0 Å². The summed E-state index contributed by atoms with van der Waals surface area (Å²) in [6, 6.07) is 11.4. The summed E-state index contributed by atoms with van der Waals surface area (Å²) < 4.78 is 5.46. The average Bonchev–Trinajstić information content (AvgIpc) is 3.07. The van der Waals surface area contributed by atoms with Crippen molar-refractivity contribution in [2.24, 2.45) is 0 Å². The first-order chi connectivity index (χ1) is 22.9. The van der Waals surface area contributed by atoms with Crippen molar-refractivity contribution in [2.75, 3.05) is 34.1 Å². The van der Waals surface area contributed by atoms with Gasteiger partial charge < -0.3 is 20.7 Å². The van der Waals surface area contributed by atoms with E-state index in [0.717, 1.165) is 16.8 Å². The van der Waals surface area contributed by atoms with Crippen molar-refractivity contribution < 1.29 is 24.0 Å². The number of fused-ring (bicyclic) bond motifs is 1. The van der Waals surface area contributed by atoms with Crippen molar-refractivity contribution in [2.45, 2.75) is 46.7 Å². The minimum Gasteiger partial charge on any atom is -0.487 e. The number of hydrogen-bond donors (Lipinski definition) is 3. The predicted octanol–water partition coefficient (Wildman–Crippen LogP) is 5.26. The first-order valence-corrected chi connectivity index (χ1v) is 15.2. The molecule has 0 radical (unpaired) electrons. The van der Waals surface area contributed by atoms with Gasteiger partial charge in [-0.3, -0.25) is 34.5 Å². The summed E-state index contributed by atoms with van der Waals surface area (Å²) in [7, 11) is 1.63. The molecule has 0 saturated heterocycles. The maximum atomic E-state index is 13.6. The van der Waals surface area contributed by atoms with Crippen LogP contribution in [0.15, 0.2) is 60.9 Å². The molecule has 0 spiro atoms. The monoisotopic (exact) mass is 653 g/mol. The quantitative estimate of drug-likeness (QED) is 0.142. The third kappa shape index (κ3) is 7.30. The lowest BCUT2D eigenvalue weighted by Gasteiger charge is -2.35. The molecule has 0 aliphatic carbocycles. The summed E-state index contributed by atoms with van der Waals surface area (Å²) in [6.45, 7) is 7.57. The maximum absolute atomic E-state index is 13.6. The summed E-state index contributed by atoms with van der Waals surface area (Å²) in [4.78, 5) is 66.7. The summed E-state index contributed by atoms with van der Waals surface area (Å²) in [5.41, 5.74) is 3.96. The fraction of sp³-hybridized carbons (Fsp3) is 0.273. The fourth-order valence-electron chi connectivity index (χ4n) is 4.94. The highest BCUT2D eigenvalue weighted by molar-refractivity contribution is 6.06. The lowest BCUT2D eigenvalue weighted by atomic mass is 10.1. The van der Waals surface area contributed by atoms with Gasteiger partial charge in [0.2, 0.25) is 11.9 Å². The number of aromatic nitrogens is 3. The number of anilines is 5. The number of amides is 4. The molecule has 2 aromatic heterocycles. The molecular weight excluding hydrogens is 618 g/mol. The molecule has 0 bridgehead atoms. The second-order valence-corrected chi connectivity index (χ2v) is 11.3. The first-order valence-electron chi connectivity index (χ1n) is 15.2. The van der Waals surface area contributed by atoms with E-state index in [1.807, 2.05) is 32.9 Å². The molecule has 3 N–H and O–H groups in total. The Bertz CT molecular complexity index is 1880. The summed E-state index contributed by atoms with van der Waals surface area (Å²) in [5, 5.41) is 19.9. The number of urea groups is 1. The number of carbonyl (C=O) groups excluding carboxylic acids is 3. The molecule has 4 amide bonds. The number of ether oxygens (including phenoxy) is 1. The van der Waals surface area contributed by atoms with Gasteiger partial charge in [0, 0.05) is 47.9 Å². The van der Waals surface area contributed by atoms with E-state index in [0.29, 0.717) is 35.2 Å². The van der Waals surface area contributed by atoms with Gasteiger partial charge in [0.25, 0.3) is 5.91 Å². The van der Waals surface area contributed by atoms with E-state index in [-0.39, 0.29) is 36.2 Å². The second-order valence-electron chi connectivity index (χ2n) is 11.3. The molecular formula is C33H35N9O6. The number of carbonyl (C=O) groups is 3. The number of nitrogens with zero attached hydrogens (tertiary/aromatic N) is 6. The van der Waals surface area contributed by atoms with E-state index in [1.54, 1.807) is 42.5 Å². The number of hydrogen-bond acceptors (Lipinski definition) is 10. The number of benzene rings is 2. The molecule has 1 aliphatic heterocycles. The average molecular weight is 654 g/mol. The van der Waals surface area contributed by atoms with Gasteiger partial charge in [0.15, 0.2) is 5.75 Å². The Kier molecular flexibility index (Phi) is 9.77. The Morgan fingerprint density at radius 2 is 1.83 bits per heavy atom. The smallest absolute Gasteiger partial charge is 0.330 e. The van der Waals surface area contributed by atoms with Gasteiger partial charge >= 0.3 is 11.7 Å². The summed E-state index contributed by atoms with van der Waals surface area (Å²) in [5.74, 6) is -0.337. The SMILES string of the molecule is CCCOc1cc(C(=O)N[C@@H](C)C(=O)Nc2ccc(C)c(N3Cc4cnc(Nc5ccc(C)nc5)nc4N(C)C3=O)c2)ccc1[N+](=O)[O-].